The van der Waals surface area contributed by atoms with Crippen molar-refractivity contribution in [1.82, 2.24) is 0 Å². The Labute approximate surface area is 168 Å². The fraction of sp³-hybridized carbons (Fsp3) is 0.417. The van der Waals surface area contributed by atoms with Gasteiger partial charge in [0.1, 0.15) is 5.75 Å². The van der Waals surface area contributed by atoms with Gasteiger partial charge in [-0.05, 0) is 47.9 Å². The molecule has 2 rings (SSSR count). The zero-order valence-electron chi connectivity index (χ0n) is 16.9. The molecule has 0 aliphatic heterocycles. The lowest BCUT2D eigenvalue weighted by Gasteiger charge is -2.12. The summed E-state index contributed by atoms with van der Waals surface area (Å²) < 4.78 is 10.8. The lowest BCUT2D eigenvalue weighted by atomic mass is 9.98. The van der Waals surface area contributed by atoms with Gasteiger partial charge in [-0.1, -0.05) is 57.6 Å². The molecule has 2 aromatic carbocycles. The van der Waals surface area contributed by atoms with Gasteiger partial charge < -0.3 is 9.47 Å². The van der Waals surface area contributed by atoms with E-state index in [1.54, 1.807) is 24.3 Å². The predicted molar refractivity (Wildman–Crippen MR) is 111 cm³/mol. The topological polar surface area (TPSA) is 59.3 Å². The van der Waals surface area contributed by atoms with E-state index in [4.69, 9.17) is 14.7 Å². The molecule has 0 aromatic heterocycles. The van der Waals surface area contributed by atoms with Crippen molar-refractivity contribution >= 4 is 5.97 Å². The average Bonchev–Trinajstić information content (AvgIpc) is 2.75. The van der Waals surface area contributed by atoms with Gasteiger partial charge in [-0.25, -0.2) is 4.79 Å². The monoisotopic (exact) mass is 379 g/mol. The number of nitriles is 1. The smallest absolute Gasteiger partial charge is 0.338 e. The van der Waals surface area contributed by atoms with E-state index in [1.165, 1.54) is 39.2 Å². The van der Waals surface area contributed by atoms with Crippen molar-refractivity contribution in [2.24, 2.45) is 0 Å². The van der Waals surface area contributed by atoms with Crippen LogP contribution in [0.25, 0.3) is 11.1 Å². The summed E-state index contributed by atoms with van der Waals surface area (Å²) >= 11 is 0. The summed E-state index contributed by atoms with van der Waals surface area (Å²) in [6.07, 6.45) is 8.59. The van der Waals surface area contributed by atoms with Gasteiger partial charge in [-0.2, -0.15) is 5.26 Å². The highest BCUT2D eigenvalue weighted by molar-refractivity contribution is 5.97. The second kappa shape index (κ2) is 11.8. The Bertz CT molecular complexity index is 808. The third-order valence-corrected chi connectivity index (χ3v) is 4.72. The Kier molecular flexibility index (Phi) is 9.07. The fourth-order valence-corrected chi connectivity index (χ4v) is 3.15. The number of benzene rings is 2. The standard InChI is InChI=1S/C24H29NO3/c1-3-4-5-6-7-8-9-15-28-21-13-14-22(23(17-21)24(26)27-2)20-12-10-11-19(16-20)18-25/h10-14,16-17H,3-9,15H2,1-2H3. The molecule has 0 radical (unpaired) electrons. The molecule has 148 valence electrons. The summed E-state index contributed by atoms with van der Waals surface area (Å²) in [5.74, 6) is 0.241. The molecule has 0 aliphatic carbocycles. The van der Waals surface area contributed by atoms with Crippen molar-refractivity contribution in [3.05, 3.63) is 53.6 Å². The van der Waals surface area contributed by atoms with Gasteiger partial charge in [0.15, 0.2) is 0 Å². The highest BCUT2D eigenvalue weighted by atomic mass is 16.5. The summed E-state index contributed by atoms with van der Waals surface area (Å²) in [5, 5.41) is 9.12. The third-order valence-electron chi connectivity index (χ3n) is 4.72. The molecule has 0 saturated heterocycles. The molecule has 0 heterocycles. The highest BCUT2D eigenvalue weighted by Crippen LogP contribution is 2.29. The molecule has 0 aliphatic rings. The minimum Gasteiger partial charge on any atom is -0.494 e. The van der Waals surface area contributed by atoms with Crippen LogP contribution < -0.4 is 4.74 Å². The molecular formula is C24H29NO3. The minimum atomic E-state index is -0.418. The molecule has 2 aromatic rings. The zero-order valence-corrected chi connectivity index (χ0v) is 16.9. The number of ether oxygens (including phenoxy) is 2. The van der Waals surface area contributed by atoms with Crippen molar-refractivity contribution < 1.29 is 14.3 Å². The largest absolute Gasteiger partial charge is 0.494 e. The minimum absolute atomic E-state index is 0.418. The third kappa shape index (κ3) is 6.42. The van der Waals surface area contributed by atoms with Crippen LogP contribution in [0, 0.1) is 11.3 Å². The molecule has 0 atom stereocenters. The highest BCUT2D eigenvalue weighted by Gasteiger charge is 2.15. The summed E-state index contributed by atoms with van der Waals surface area (Å²) in [6.45, 7) is 2.86. The van der Waals surface area contributed by atoms with Crippen molar-refractivity contribution in [3.63, 3.8) is 0 Å². The van der Waals surface area contributed by atoms with Gasteiger partial charge in [-0.15, -0.1) is 0 Å². The lowest BCUT2D eigenvalue weighted by molar-refractivity contribution is 0.0601. The maximum atomic E-state index is 12.3. The summed E-state index contributed by atoms with van der Waals surface area (Å²) in [4.78, 5) is 12.3. The average molecular weight is 380 g/mol. The van der Waals surface area contributed by atoms with Crippen molar-refractivity contribution in [2.75, 3.05) is 13.7 Å². The van der Waals surface area contributed by atoms with E-state index in [0.29, 0.717) is 23.5 Å². The Morgan fingerprint density at radius 1 is 1.00 bits per heavy atom. The normalized spacial score (nSPS) is 10.3. The van der Waals surface area contributed by atoms with Crippen LogP contribution in [0.3, 0.4) is 0 Å². The van der Waals surface area contributed by atoms with Gasteiger partial charge in [0.25, 0.3) is 0 Å². The number of unbranched alkanes of at least 4 members (excludes halogenated alkanes) is 6. The molecule has 28 heavy (non-hydrogen) atoms. The van der Waals surface area contributed by atoms with Crippen LogP contribution in [0.4, 0.5) is 0 Å². The maximum Gasteiger partial charge on any atom is 0.338 e. The molecule has 0 unspecified atom stereocenters. The Morgan fingerprint density at radius 2 is 1.75 bits per heavy atom. The molecule has 0 bridgehead atoms. The van der Waals surface area contributed by atoms with Gasteiger partial charge >= 0.3 is 5.97 Å². The molecular weight excluding hydrogens is 350 g/mol. The predicted octanol–water partition coefficient (Wildman–Crippen LogP) is 6.14. The number of hydrogen-bond acceptors (Lipinski definition) is 4. The van der Waals surface area contributed by atoms with Crippen LogP contribution in [-0.2, 0) is 4.74 Å². The Balaban J connectivity index is 2.02. The first kappa shape index (κ1) is 21.5. The quantitative estimate of drug-likeness (QED) is 0.347. The summed E-state index contributed by atoms with van der Waals surface area (Å²) in [6, 6.07) is 14.7. The second-order valence-electron chi connectivity index (χ2n) is 6.86. The van der Waals surface area contributed by atoms with Gasteiger partial charge in [0.05, 0.1) is 30.9 Å². The van der Waals surface area contributed by atoms with Gasteiger partial charge in [0, 0.05) is 0 Å². The maximum absolute atomic E-state index is 12.3. The van der Waals surface area contributed by atoms with Gasteiger partial charge in [-0.3, -0.25) is 0 Å². The van der Waals surface area contributed by atoms with Crippen LogP contribution >= 0.6 is 0 Å². The SMILES string of the molecule is CCCCCCCCCOc1ccc(-c2cccc(C#N)c2)c(C(=O)OC)c1. The summed E-state index contributed by atoms with van der Waals surface area (Å²) in [5.41, 5.74) is 2.52. The van der Waals surface area contributed by atoms with E-state index >= 15 is 0 Å². The van der Waals surface area contributed by atoms with E-state index in [0.717, 1.165) is 24.0 Å². The van der Waals surface area contributed by atoms with E-state index in [-0.39, 0.29) is 0 Å². The van der Waals surface area contributed by atoms with E-state index < -0.39 is 5.97 Å². The van der Waals surface area contributed by atoms with Crippen LogP contribution in [0.2, 0.25) is 0 Å². The summed E-state index contributed by atoms with van der Waals surface area (Å²) in [7, 11) is 1.36. The molecule has 0 fully saturated rings. The molecule has 4 nitrogen and oxygen atoms in total. The molecule has 0 spiro atoms. The first-order valence-corrected chi connectivity index (χ1v) is 10.0. The van der Waals surface area contributed by atoms with Crippen LogP contribution in [0.1, 0.15) is 67.8 Å². The van der Waals surface area contributed by atoms with Crippen LogP contribution in [0.15, 0.2) is 42.5 Å². The number of hydrogen-bond donors (Lipinski definition) is 0. The van der Waals surface area contributed by atoms with Crippen LogP contribution in [-0.4, -0.2) is 19.7 Å². The van der Waals surface area contributed by atoms with E-state index in [1.807, 2.05) is 18.2 Å². The lowest BCUT2D eigenvalue weighted by Crippen LogP contribution is -2.05. The number of nitrogens with zero attached hydrogens (tertiary/aromatic N) is 1. The zero-order chi connectivity index (χ0) is 20.2. The first-order chi connectivity index (χ1) is 13.7. The molecule has 0 amide bonds. The molecule has 0 N–H and O–H groups in total. The number of rotatable bonds is 11. The number of carbonyl (C=O) groups excluding carboxylic acids is 1. The van der Waals surface area contributed by atoms with Gasteiger partial charge in [0.2, 0.25) is 0 Å². The van der Waals surface area contributed by atoms with E-state index in [9.17, 15) is 4.79 Å². The van der Waals surface area contributed by atoms with Crippen molar-refractivity contribution in [2.45, 2.75) is 51.9 Å². The van der Waals surface area contributed by atoms with Crippen molar-refractivity contribution in [3.8, 4) is 22.9 Å². The Hall–Kier alpha value is -2.80. The fourth-order valence-electron chi connectivity index (χ4n) is 3.15. The Morgan fingerprint density at radius 3 is 2.46 bits per heavy atom. The molecule has 0 saturated carbocycles. The number of esters is 1. The number of carbonyl (C=O) groups is 1. The van der Waals surface area contributed by atoms with Crippen LogP contribution in [0.5, 0.6) is 5.75 Å². The second-order valence-corrected chi connectivity index (χ2v) is 6.86. The first-order valence-electron chi connectivity index (χ1n) is 10.0. The van der Waals surface area contributed by atoms with Crippen molar-refractivity contribution in [1.29, 1.82) is 5.26 Å². The van der Waals surface area contributed by atoms with E-state index in [2.05, 4.69) is 13.0 Å². The molecule has 4 heteroatoms. The number of methoxy groups -OCH3 is 1.